The van der Waals surface area contributed by atoms with Crippen LogP contribution in [0.4, 0.5) is 0 Å². The highest BCUT2D eigenvalue weighted by atomic mass is 35.5. The highest BCUT2D eigenvalue weighted by Crippen LogP contribution is 2.24. The van der Waals surface area contributed by atoms with E-state index in [1.165, 1.54) is 0 Å². The van der Waals surface area contributed by atoms with Gasteiger partial charge in [-0.3, -0.25) is 9.59 Å². The molecule has 1 unspecified atom stereocenters. The number of amides is 2. The van der Waals surface area contributed by atoms with E-state index in [-0.39, 0.29) is 48.4 Å². The highest BCUT2D eigenvalue weighted by Gasteiger charge is 2.33. The van der Waals surface area contributed by atoms with Gasteiger partial charge in [0, 0.05) is 25.7 Å². The van der Waals surface area contributed by atoms with E-state index >= 15 is 0 Å². The van der Waals surface area contributed by atoms with E-state index < -0.39 is 0 Å². The number of likely N-dealkylation sites (tertiary alicyclic amines) is 1. The smallest absolute Gasteiger partial charge is 0.249 e. The molecule has 2 saturated heterocycles. The van der Waals surface area contributed by atoms with Gasteiger partial charge in [0.25, 0.3) is 0 Å². The predicted molar refractivity (Wildman–Crippen MR) is 111 cm³/mol. The fourth-order valence-corrected chi connectivity index (χ4v) is 4.07. The van der Waals surface area contributed by atoms with Crippen LogP contribution in [0.2, 0.25) is 0 Å². The Bertz CT molecular complexity index is 635. The van der Waals surface area contributed by atoms with E-state index in [9.17, 15) is 9.59 Å². The molecule has 0 radical (unpaired) electrons. The lowest BCUT2D eigenvalue weighted by molar-refractivity contribution is -0.135. The Balaban J connectivity index is 0.00000280. The number of rotatable bonds is 6. The van der Waals surface area contributed by atoms with Crippen molar-refractivity contribution in [2.45, 2.75) is 63.2 Å². The molecule has 2 heterocycles. The number of piperidine rings is 1. The highest BCUT2D eigenvalue weighted by molar-refractivity contribution is 5.85. The monoisotopic (exact) mass is 409 g/mol. The van der Waals surface area contributed by atoms with E-state index in [4.69, 9.17) is 10.5 Å². The maximum Gasteiger partial charge on any atom is 0.249 e. The number of hydrogen-bond acceptors (Lipinski definition) is 4. The molecule has 3 rings (SSSR count). The number of carbonyl (C=O) groups is 2. The van der Waals surface area contributed by atoms with Crippen molar-refractivity contribution in [3.8, 4) is 0 Å². The molecule has 156 valence electrons. The van der Waals surface area contributed by atoms with Crippen LogP contribution in [-0.4, -0.2) is 54.6 Å². The van der Waals surface area contributed by atoms with Crippen LogP contribution in [0.15, 0.2) is 30.3 Å². The van der Waals surface area contributed by atoms with Gasteiger partial charge in [-0.25, -0.2) is 0 Å². The van der Waals surface area contributed by atoms with Crippen molar-refractivity contribution in [2.75, 3.05) is 19.6 Å². The Hall–Kier alpha value is -1.63. The first-order valence-electron chi connectivity index (χ1n) is 10.1. The molecule has 2 fully saturated rings. The van der Waals surface area contributed by atoms with Gasteiger partial charge in [-0.1, -0.05) is 37.3 Å². The summed E-state index contributed by atoms with van der Waals surface area (Å²) in [6.07, 6.45) is 3.58. The lowest BCUT2D eigenvalue weighted by Gasteiger charge is -2.35. The summed E-state index contributed by atoms with van der Waals surface area (Å²) in [4.78, 5) is 27.3. The molecule has 1 aromatic rings. The molecule has 0 aromatic heterocycles. The minimum absolute atomic E-state index is 0. The van der Waals surface area contributed by atoms with Gasteiger partial charge in [-0.05, 0) is 37.7 Å². The number of nitrogens with zero attached hydrogens (tertiary/aromatic N) is 1. The molecule has 0 saturated carbocycles. The second-order valence-corrected chi connectivity index (χ2v) is 7.54. The number of hydrogen-bond donors (Lipinski definition) is 2. The number of nitrogens with two attached hydrogens (primary N) is 1. The molecule has 2 aliphatic rings. The van der Waals surface area contributed by atoms with Gasteiger partial charge < -0.3 is 20.7 Å². The number of halogens is 1. The summed E-state index contributed by atoms with van der Waals surface area (Å²) in [5.74, 6) is 0.0715. The molecule has 7 heteroatoms. The van der Waals surface area contributed by atoms with E-state index in [1.54, 1.807) is 0 Å². The summed E-state index contributed by atoms with van der Waals surface area (Å²) in [5.41, 5.74) is 6.68. The number of nitrogens with one attached hydrogen (secondary N) is 1. The first-order valence-corrected chi connectivity index (χ1v) is 10.1. The van der Waals surface area contributed by atoms with Crippen molar-refractivity contribution < 1.29 is 14.3 Å². The Morgan fingerprint density at radius 1 is 1.18 bits per heavy atom. The molecule has 6 nitrogen and oxygen atoms in total. The fraction of sp³-hybridized carbons (Fsp3) is 0.619. The van der Waals surface area contributed by atoms with Gasteiger partial charge in [-0.15, -0.1) is 12.4 Å². The molecule has 3 atom stereocenters. The standard InChI is InChI=1S/C21H31N3O3.ClH/c1-2-18(15-6-4-3-5-7-15)21(26)24-12-10-16(11-13-24)23-20(25)19-9-8-17(14-22)27-19;/h3-7,16-19H,2,8-14,22H2,1H3,(H,23,25);1H/t17-,18?,19+;/m1./s1. The Morgan fingerprint density at radius 3 is 2.43 bits per heavy atom. The van der Waals surface area contributed by atoms with Gasteiger partial charge in [0.1, 0.15) is 6.10 Å². The lowest BCUT2D eigenvalue weighted by Crippen LogP contribution is -2.49. The van der Waals surface area contributed by atoms with Crippen LogP contribution in [0.3, 0.4) is 0 Å². The Morgan fingerprint density at radius 2 is 1.86 bits per heavy atom. The largest absolute Gasteiger partial charge is 0.364 e. The molecular weight excluding hydrogens is 378 g/mol. The molecule has 0 aliphatic carbocycles. The Kier molecular flexibility index (Phi) is 8.73. The third-order valence-electron chi connectivity index (χ3n) is 5.72. The molecule has 0 spiro atoms. The molecule has 2 aliphatic heterocycles. The molecule has 28 heavy (non-hydrogen) atoms. The summed E-state index contributed by atoms with van der Waals surface area (Å²) in [6.45, 7) is 3.89. The summed E-state index contributed by atoms with van der Waals surface area (Å²) >= 11 is 0. The average molecular weight is 410 g/mol. The zero-order valence-corrected chi connectivity index (χ0v) is 17.3. The van der Waals surface area contributed by atoms with Crippen LogP contribution < -0.4 is 11.1 Å². The van der Waals surface area contributed by atoms with E-state index in [0.717, 1.165) is 37.7 Å². The summed E-state index contributed by atoms with van der Waals surface area (Å²) < 4.78 is 5.67. The maximum absolute atomic E-state index is 12.9. The van der Waals surface area contributed by atoms with Crippen LogP contribution in [0.25, 0.3) is 0 Å². The van der Waals surface area contributed by atoms with Crippen LogP contribution in [0.5, 0.6) is 0 Å². The quantitative estimate of drug-likeness (QED) is 0.754. The predicted octanol–water partition coefficient (Wildman–Crippen LogP) is 2.22. The number of ether oxygens (including phenoxy) is 1. The van der Waals surface area contributed by atoms with Gasteiger partial charge >= 0.3 is 0 Å². The molecule has 1 aromatic carbocycles. The minimum Gasteiger partial charge on any atom is -0.364 e. The van der Waals surface area contributed by atoms with Gasteiger partial charge in [-0.2, -0.15) is 0 Å². The van der Waals surface area contributed by atoms with Crippen molar-refractivity contribution in [1.29, 1.82) is 0 Å². The Labute approximate surface area is 173 Å². The van der Waals surface area contributed by atoms with Gasteiger partial charge in [0.2, 0.25) is 11.8 Å². The van der Waals surface area contributed by atoms with E-state index in [1.807, 2.05) is 35.2 Å². The summed E-state index contributed by atoms with van der Waals surface area (Å²) in [7, 11) is 0. The third-order valence-corrected chi connectivity index (χ3v) is 5.72. The first kappa shape index (κ1) is 22.7. The maximum atomic E-state index is 12.9. The van der Waals surface area contributed by atoms with Gasteiger partial charge in [0.15, 0.2) is 0 Å². The van der Waals surface area contributed by atoms with Crippen molar-refractivity contribution >= 4 is 24.2 Å². The topological polar surface area (TPSA) is 84.7 Å². The van der Waals surface area contributed by atoms with Crippen LogP contribution in [0, 0.1) is 0 Å². The second kappa shape index (κ2) is 10.8. The van der Waals surface area contributed by atoms with E-state index in [2.05, 4.69) is 12.2 Å². The van der Waals surface area contributed by atoms with Crippen molar-refractivity contribution in [3.63, 3.8) is 0 Å². The van der Waals surface area contributed by atoms with Crippen LogP contribution in [-0.2, 0) is 14.3 Å². The van der Waals surface area contributed by atoms with E-state index in [0.29, 0.717) is 19.6 Å². The summed E-state index contributed by atoms with van der Waals surface area (Å²) in [5, 5.41) is 3.10. The molecule has 2 amide bonds. The van der Waals surface area contributed by atoms with Crippen molar-refractivity contribution in [1.82, 2.24) is 10.2 Å². The summed E-state index contributed by atoms with van der Waals surface area (Å²) in [6, 6.07) is 10.1. The number of benzene rings is 1. The van der Waals surface area contributed by atoms with Crippen molar-refractivity contribution in [3.05, 3.63) is 35.9 Å². The fourth-order valence-electron chi connectivity index (χ4n) is 4.07. The SMILES string of the molecule is CCC(C(=O)N1CCC(NC(=O)[C@@H]2CC[C@H](CN)O2)CC1)c1ccccc1.Cl. The van der Waals surface area contributed by atoms with Crippen LogP contribution in [0.1, 0.15) is 50.5 Å². The normalized spacial score (nSPS) is 23.7. The number of carbonyl (C=O) groups excluding carboxylic acids is 2. The second-order valence-electron chi connectivity index (χ2n) is 7.54. The zero-order valence-electron chi connectivity index (χ0n) is 16.5. The third kappa shape index (κ3) is 5.46. The molecule has 0 bridgehead atoms. The average Bonchev–Trinajstić information content (AvgIpc) is 3.19. The lowest BCUT2D eigenvalue weighted by atomic mass is 9.93. The van der Waals surface area contributed by atoms with Crippen LogP contribution >= 0.6 is 12.4 Å². The first-order chi connectivity index (χ1) is 13.1. The zero-order chi connectivity index (χ0) is 19.2. The van der Waals surface area contributed by atoms with Crippen molar-refractivity contribution in [2.24, 2.45) is 5.73 Å². The van der Waals surface area contributed by atoms with Gasteiger partial charge in [0.05, 0.1) is 12.0 Å². The molecular formula is C21H32ClN3O3. The molecule has 3 N–H and O–H groups in total. The minimum atomic E-state index is -0.374.